The molecule has 1 aliphatic heterocycles. The number of aromatic nitrogens is 2. The van der Waals surface area contributed by atoms with E-state index in [1.807, 2.05) is 4.90 Å². The van der Waals surface area contributed by atoms with Crippen LogP contribution >= 0.6 is 0 Å². The Balaban J connectivity index is 0.00000160. The molecule has 2 aliphatic rings. The highest BCUT2D eigenvalue weighted by molar-refractivity contribution is 6.11. The first-order chi connectivity index (χ1) is 13.3. The minimum absolute atomic E-state index is 0. The highest BCUT2D eigenvalue weighted by Gasteiger charge is 2.38. The number of alkyl halides is 3. The number of nitrogen functional groups attached to an aromatic ring is 1. The van der Waals surface area contributed by atoms with E-state index in [0.29, 0.717) is 30.9 Å². The molecule has 154 valence electrons. The van der Waals surface area contributed by atoms with Crippen LogP contribution in [-0.2, 0) is 6.18 Å². The Morgan fingerprint density at radius 1 is 1.29 bits per heavy atom. The summed E-state index contributed by atoms with van der Waals surface area (Å²) in [6, 6.07) is 5.37. The minimum atomic E-state index is -4.70. The van der Waals surface area contributed by atoms with E-state index in [-0.39, 0.29) is 15.7 Å². The molecule has 4 rings (SSSR count). The van der Waals surface area contributed by atoms with E-state index >= 15 is 0 Å². The number of carbonyl (C=O) groups is 1. The van der Waals surface area contributed by atoms with E-state index in [1.54, 1.807) is 0 Å². The molecular weight excluding hydrogens is 371 g/mol. The van der Waals surface area contributed by atoms with Gasteiger partial charge >= 0.3 is 6.18 Å². The Morgan fingerprint density at radius 2 is 2.07 bits per heavy atom. The summed E-state index contributed by atoms with van der Waals surface area (Å²) < 4.78 is 40.5. The molecule has 2 aromatic rings. The van der Waals surface area contributed by atoms with Crippen LogP contribution < -0.4 is 16.0 Å². The van der Waals surface area contributed by atoms with Crippen LogP contribution in [0.4, 0.5) is 24.8 Å². The topological polar surface area (TPSA) is 84.1 Å². The van der Waals surface area contributed by atoms with Gasteiger partial charge in [0.05, 0.1) is 11.1 Å². The zero-order chi connectivity index (χ0) is 19.9. The number of nitrogens with zero attached hydrogens (tertiary/aromatic N) is 3. The van der Waals surface area contributed by atoms with Gasteiger partial charge in [0.15, 0.2) is 0 Å². The number of hydrogen-bond acceptors (Lipinski definition) is 6. The van der Waals surface area contributed by atoms with Gasteiger partial charge in [-0.2, -0.15) is 13.2 Å². The second-order valence-corrected chi connectivity index (χ2v) is 7.17. The van der Waals surface area contributed by atoms with Crippen molar-refractivity contribution in [2.75, 3.05) is 30.3 Å². The molecule has 0 bridgehead atoms. The Hall–Kier alpha value is -2.68. The lowest BCUT2D eigenvalue weighted by molar-refractivity contribution is -0.138. The normalized spacial score (nSPS) is 20.2. The molecule has 0 radical (unpaired) electrons. The second-order valence-electron chi connectivity index (χ2n) is 7.17. The van der Waals surface area contributed by atoms with Crippen LogP contribution in [0.25, 0.3) is 0 Å². The van der Waals surface area contributed by atoms with Gasteiger partial charge in [-0.3, -0.25) is 4.79 Å². The number of piperazine rings is 1. The molecule has 0 aromatic carbocycles. The molecule has 9 heteroatoms. The van der Waals surface area contributed by atoms with Crippen molar-refractivity contribution in [3.05, 3.63) is 47.3 Å². The molecule has 28 heavy (non-hydrogen) atoms. The molecule has 0 spiro atoms. The first-order valence-electron chi connectivity index (χ1n) is 9.16. The molecule has 1 aliphatic carbocycles. The quantitative estimate of drug-likeness (QED) is 0.771. The summed E-state index contributed by atoms with van der Waals surface area (Å²) in [4.78, 5) is 22.7. The molecule has 3 N–H and O–H groups in total. The number of halogens is 3. The number of nitrogens with two attached hydrogens (primary N) is 1. The summed E-state index contributed by atoms with van der Waals surface area (Å²) in [5, 5.41) is 3.45. The largest absolute Gasteiger partial charge is 0.418 e. The third-order valence-corrected chi connectivity index (χ3v) is 5.20. The summed E-state index contributed by atoms with van der Waals surface area (Å²) in [6.07, 6.45) is -1.00. The number of carbonyl (C=O) groups excluding carboxylic acids is 1. The number of nitrogens with one attached hydrogen (secondary N) is 1. The fourth-order valence-corrected chi connectivity index (χ4v) is 3.56. The molecule has 1 saturated heterocycles. The number of hydrogen-bond donors (Lipinski definition) is 2. The SMILES string of the molecule is Nc1ncccc1C(=O)c1nc(N2CCNC(C3CC3)C2)ccc1C(F)(F)F.[HH].[HH].[HH]. The third-order valence-electron chi connectivity index (χ3n) is 5.20. The predicted molar refractivity (Wildman–Crippen MR) is 104 cm³/mol. The van der Waals surface area contributed by atoms with Crippen LogP contribution in [0, 0.1) is 5.92 Å². The second kappa shape index (κ2) is 7.05. The van der Waals surface area contributed by atoms with Crippen LogP contribution in [0.2, 0.25) is 0 Å². The van der Waals surface area contributed by atoms with Crippen molar-refractivity contribution in [3.63, 3.8) is 0 Å². The fraction of sp³-hybridized carbons (Fsp3) is 0.421. The molecule has 0 amide bonds. The number of anilines is 2. The summed E-state index contributed by atoms with van der Waals surface area (Å²) >= 11 is 0. The zero-order valence-corrected chi connectivity index (χ0v) is 15.0. The highest BCUT2D eigenvalue weighted by atomic mass is 19.4. The summed E-state index contributed by atoms with van der Waals surface area (Å²) in [6.45, 7) is 2.00. The van der Waals surface area contributed by atoms with Crippen LogP contribution in [0.15, 0.2) is 30.5 Å². The molecule has 2 aromatic heterocycles. The molecule has 1 atom stereocenters. The van der Waals surface area contributed by atoms with Crippen molar-refractivity contribution in [3.8, 4) is 0 Å². The zero-order valence-electron chi connectivity index (χ0n) is 15.0. The first-order valence-corrected chi connectivity index (χ1v) is 9.16. The van der Waals surface area contributed by atoms with E-state index < -0.39 is 23.2 Å². The molecular formula is C19H26F3N5O. The molecule has 3 heterocycles. The Bertz CT molecular complexity index is 912. The fourth-order valence-electron chi connectivity index (χ4n) is 3.56. The molecule has 1 unspecified atom stereocenters. The maximum absolute atomic E-state index is 13.5. The van der Waals surface area contributed by atoms with Crippen molar-refractivity contribution >= 4 is 17.4 Å². The highest BCUT2D eigenvalue weighted by Crippen LogP contribution is 2.36. The number of pyridine rings is 2. The average Bonchev–Trinajstić information content (AvgIpc) is 3.52. The van der Waals surface area contributed by atoms with Gasteiger partial charge in [0.1, 0.15) is 17.3 Å². The van der Waals surface area contributed by atoms with Gasteiger partial charge in [0.2, 0.25) is 5.78 Å². The van der Waals surface area contributed by atoms with Gasteiger partial charge in [-0.05, 0) is 43.0 Å². The van der Waals surface area contributed by atoms with Crippen molar-refractivity contribution in [1.82, 2.24) is 15.3 Å². The van der Waals surface area contributed by atoms with E-state index in [0.717, 1.165) is 25.5 Å². The minimum Gasteiger partial charge on any atom is -0.383 e. The molecule has 6 nitrogen and oxygen atoms in total. The van der Waals surface area contributed by atoms with Gasteiger partial charge in [-0.25, -0.2) is 9.97 Å². The van der Waals surface area contributed by atoms with Gasteiger partial charge in [-0.15, -0.1) is 0 Å². The monoisotopic (exact) mass is 397 g/mol. The maximum Gasteiger partial charge on any atom is 0.418 e. The number of ketones is 1. The van der Waals surface area contributed by atoms with Crippen LogP contribution in [0.3, 0.4) is 0 Å². The lowest BCUT2D eigenvalue weighted by Gasteiger charge is -2.35. The summed E-state index contributed by atoms with van der Waals surface area (Å²) in [7, 11) is 0. The Labute approximate surface area is 164 Å². The first kappa shape index (κ1) is 18.7. The molecule has 1 saturated carbocycles. The van der Waals surface area contributed by atoms with Crippen LogP contribution in [-0.4, -0.2) is 41.4 Å². The standard InChI is InChI=1S/C19H20F3N5O.3H2/c20-19(21,22)13-5-6-15(27-9-8-24-14(10-27)11-3-4-11)26-16(13)17(28)12-2-1-7-25-18(12)23;;;/h1-2,5-7,11,14,24H,3-4,8-10H2,(H2,23,25);3*1H. The summed E-state index contributed by atoms with van der Waals surface area (Å²) in [5.41, 5.74) is 3.89. The van der Waals surface area contributed by atoms with Gasteiger partial charge < -0.3 is 16.0 Å². The van der Waals surface area contributed by atoms with Crippen LogP contribution in [0.1, 0.15) is 38.7 Å². The maximum atomic E-state index is 13.5. The van der Waals surface area contributed by atoms with Crippen LogP contribution in [0.5, 0.6) is 0 Å². The smallest absolute Gasteiger partial charge is 0.383 e. The van der Waals surface area contributed by atoms with Crippen molar-refractivity contribution < 1.29 is 22.2 Å². The van der Waals surface area contributed by atoms with E-state index in [1.165, 1.54) is 24.4 Å². The third kappa shape index (κ3) is 3.66. The van der Waals surface area contributed by atoms with E-state index in [2.05, 4.69) is 15.3 Å². The lowest BCUT2D eigenvalue weighted by atomic mass is 10.0. The van der Waals surface area contributed by atoms with E-state index in [9.17, 15) is 18.0 Å². The predicted octanol–water partition coefficient (Wildman–Crippen LogP) is 3.23. The average molecular weight is 397 g/mol. The van der Waals surface area contributed by atoms with Gasteiger partial charge in [0.25, 0.3) is 0 Å². The Kier molecular flexibility index (Phi) is 4.70. The van der Waals surface area contributed by atoms with Gasteiger partial charge in [-0.1, -0.05) is 0 Å². The van der Waals surface area contributed by atoms with Crippen molar-refractivity contribution in [1.29, 1.82) is 0 Å². The van der Waals surface area contributed by atoms with Gasteiger partial charge in [0, 0.05) is 36.2 Å². The molecule has 2 fully saturated rings. The van der Waals surface area contributed by atoms with Crippen molar-refractivity contribution in [2.24, 2.45) is 5.92 Å². The lowest BCUT2D eigenvalue weighted by Crippen LogP contribution is -2.52. The number of rotatable bonds is 4. The van der Waals surface area contributed by atoms with Crippen molar-refractivity contribution in [2.45, 2.75) is 25.1 Å². The van der Waals surface area contributed by atoms with E-state index in [4.69, 9.17) is 5.73 Å². The summed E-state index contributed by atoms with van der Waals surface area (Å²) in [5.74, 6) is -0.0306. The Morgan fingerprint density at radius 3 is 2.75 bits per heavy atom.